The van der Waals surface area contributed by atoms with Gasteiger partial charge in [-0.2, -0.15) is 0 Å². The van der Waals surface area contributed by atoms with Gasteiger partial charge in [0.15, 0.2) is 12.2 Å². The van der Waals surface area contributed by atoms with Crippen molar-refractivity contribution < 1.29 is 24.2 Å². The van der Waals surface area contributed by atoms with E-state index in [9.17, 15) is 9.59 Å². The number of aliphatic carboxylic acids is 1. The second-order valence-corrected chi connectivity index (χ2v) is 5.44. The van der Waals surface area contributed by atoms with Crippen LogP contribution in [0, 0.1) is 0 Å². The maximum absolute atomic E-state index is 11.5. The lowest BCUT2D eigenvalue weighted by Crippen LogP contribution is -2.56. The Labute approximate surface area is 128 Å². The molecule has 0 saturated carbocycles. The third-order valence-corrected chi connectivity index (χ3v) is 3.59. The van der Waals surface area contributed by atoms with Gasteiger partial charge in [0, 0.05) is 25.2 Å². The van der Waals surface area contributed by atoms with E-state index in [1.165, 1.54) is 0 Å². The van der Waals surface area contributed by atoms with Gasteiger partial charge in [-0.1, -0.05) is 18.2 Å². The van der Waals surface area contributed by atoms with Crippen molar-refractivity contribution in [3.63, 3.8) is 0 Å². The molecule has 3 N–H and O–H groups in total. The predicted octanol–water partition coefficient (Wildman–Crippen LogP) is 0.226. The van der Waals surface area contributed by atoms with Gasteiger partial charge in [-0.15, -0.1) is 0 Å². The third-order valence-electron chi connectivity index (χ3n) is 3.59. The standard InChI is InChI=1S/C15H20N2O5/c1-15(14(16)20)10-17(6-7-22-15)8-11-4-2-3-5-12(11)21-9-13(18)19/h2-5H,6-10H2,1H3,(H2,16,20)(H,18,19)/t15-/m1/s1. The van der Waals surface area contributed by atoms with Gasteiger partial charge >= 0.3 is 5.97 Å². The number of hydrogen-bond donors (Lipinski definition) is 2. The second kappa shape index (κ2) is 6.76. The highest BCUT2D eigenvalue weighted by Crippen LogP contribution is 2.23. The maximum atomic E-state index is 11.5. The van der Waals surface area contributed by atoms with Crippen molar-refractivity contribution in [1.82, 2.24) is 4.90 Å². The monoisotopic (exact) mass is 308 g/mol. The Morgan fingerprint density at radius 3 is 2.86 bits per heavy atom. The predicted molar refractivity (Wildman–Crippen MR) is 78.4 cm³/mol. The Kier molecular flexibility index (Phi) is 4.99. The number of amides is 1. The summed E-state index contributed by atoms with van der Waals surface area (Å²) in [6.45, 7) is 3.28. The number of morpholine rings is 1. The summed E-state index contributed by atoms with van der Waals surface area (Å²) in [6.07, 6.45) is 0. The van der Waals surface area contributed by atoms with Crippen molar-refractivity contribution in [2.45, 2.75) is 19.1 Å². The van der Waals surface area contributed by atoms with E-state index in [1.54, 1.807) is 19.1 Å². The minimum atomic E-state index is -1.03. The summed E-state index contributed by atoms with van der Waals surface area (Å²) in [6, 6.07) is 7.24. The summed E-state index contributed by atoms with van der Waals surface area (Å²) in [5.74, 6) is -0.993. The van der Waals surface area contributed by atoms with Crippen molar-refractivity contribution in [3.8, 4) is 5.75 Å². The lowest BCUT2D eigenvalue weighted by Gasteiger charge is -2.38. The first-order valence-electron chi connectivity index (χ1n) is 6.99. The molecule has 0 aromatic heterocycles. The Morgan fingerprint density at radius 2 is 2.18 bits per heavy atom. The largest absolute Gasteiger partial charge is 0.482 e. The number of carboxylic acid groups (broad SMARTS) is 1. The topological polar surface area (TPSA) is 102 Å². The summed E-state index contributed by atoms with van der Waals surface area (Å²) in [7, 11) is 0. The second-order valence-electron chi connectivity index (χ2n) is 5.44. The van der Waals surface area contributed by atoms with Crippen LogP contribution < -0.4 is 10.5 Å². The van der Waals surface area contributed by atoms with Gasteiger partial charge in [0.1, 0.15) is 5.75 Å². The smallest absolute Gasteiger partial charge is 0.341 e. The average molecular weight is 308 g/mol. The Balaban J connectivity index is 2.07. The number of primary amides is 1. The van der Waals surface area contributed by atoms with Gasteiger partial charge in [0.05, 0.1) is 6.61 Å². The van der Waals surface area contributed by atoms with Crippen LogP contribution in [-0.4, -0.2) is 53.8 Å². The van der Waals surface area contributed by atoms with Crippen LogP contribution >= 0.6 is 0 Å². The molecule has 2 rings (SSSR count). The molecule has 1 heterocycles. The van der Waals surface area contributed by atoms with Crippen LogP contribution in [0.25, 0.3) is 0 Å². The highest BCUT2D eigenvalue weighted by Gasteiger charge is 2.37. The van der Waals surface area contributed by atoms with E-state index in [-0.39, 0.29) is 6.61 Å². The lowest BCUT2D eigenvalue weighted by atomic mass is 10.0. The van der Waals surface area contributed by atoms with Crippen molar-refractivity contribution >= 4 is 11.9 Å². The number of hydrogen-bond acceptors (Lipinski definition) is 5. The number of benzene rings is 1. The zero-order chi connectivity index (χ0) is 16.2. The molecule has 7 heteroatoms. The fourth-order valence-electron chi connectivity index (χ4n) is 2.39. The fourth-order valence-corrected chi connectivity index (χ4v) is 2.39. The molecule has 1 aliphatic heterocycles. The lowest BCUT2D eigenvalue weighted by molar-refractivity contribution is -0.153. The quantitative estimate of drug-likeness (QED) is 0.780. The third kappa shape index (κ3) is 3.96. The molecule has 0 aliphatic carbocycles. The molecule has 1 atom stereocenters. The van der Waals surface area contributed by atoms with Gasteiger partial charge in [-0.25, -0.2) is 4.79 Å². The molecule has 0 unspecified atom stereocenters. The fraction of sp³-hybridized carbons (Fsp3) is 0.467. The highest BCUT2D eigenvalue weighted by atomic mass is 16.5. The number of carbonyl (C=O) groups excluding carboxylic acids is 1. The Bertz CT molecular complexity index is 563. The number of carboxylic acids is 1. The minimum Gasteiger partial charge on any atom is -0.482 e. The van der Waals surface area contributed by atoms with Crippen molar-refractivity contribution in [1.29, 1.82) is 0 Å². The zero-order valence-corrected chi connectivity index (χ0v) is 12.4. The number of ether oxygens (including phenoxy) is 2. The van der Waals surface area contributed by atoms with Gasteiger partial charge in [0.25, 0.3) is 5.91 Å². The van der Waals surface area contributed by atoms with Crippen LogP contribution in [0.4, 0.5) is 0 Å². The van der Waals surface area contributed by atoms with Crippen LogP contribution in [0.15, 0.2) is 24.3 Å². The molecule has 0 spiro atoms. The van der Waals surface area contributed by atoms with Crippen LogP contribution in [0.5, 0.6) is 5.75 Å². The van der Waals surface area contributed by atoms with E-state index in [4.69, 9.17) is 20.3 Å². The van der Waals surface area contributed by atoms with Crippen molar-refractivity contribution in [2.24, 2.45) is 5.73 Å². The SMILES string of the molecule is C[C@]1(C(N)=O)CN(Cc2ccccc2OCC(=O)O)CCO1. The molecule has 1 fully saturated rings. The molecular weight excluding hydrogens is 288 g/mol. The van der Waals surface area contributed by atoms with Gasteiger partial charge in [0.2, 0.25) is 0 Å². The number of nitrogens with zero attached hydrogens (tertiary/aromatic N) is 1. The Hall–Kier alpha value is -2.12. The summed E-state index contributed by atoms with van der Waals surface area (Å²) in [4.78, 5) is 24.2. The first kappa shape index (κ1) is 16.3. The molecule has 1 saturated heterocycles. The zero-order valence-electron chi connectivity index (χ0n) is 12.4. The van der Waals surface area contributed by atoms with Gasteiger partial charge in [-0.05, 0) is 13.0 Å². The number of rotatable bonds is 6. The summed E-state index contributed by atoms with van der Waals surface area (Å²) in [5, 5.41) is 8.71. The molecular formula is C15H20N2O5. The molecule has 120 valence electrons. The number of para-hydroxylation sites is 1. The van der Waals surface area contributed by atoms with E-state index < -0.39 is 17.5 Å². The molecule has 1 aliphatic rings. The normalized spacial score (nSPS) is 22.2. The van der Waals surface area contributed by atoms with Gasteiger partial charge in [-0.3, -0.25) is 9.69 Å². The molecule has 7 nitrogen and oxygen atoms in total. The molecule has 22 heavy (non-hydrogen) atoms. The highest BCUT2D eigenvalue weighted by molar-refractivity contribution is 5.83. The minimum absolute atomic E-state index is 0.385. The van der Waals surface area contributed by atoms with Gasteiger partial charge < -0.3 is 20.3 Å². The van der Waals surface area contributed by atoms with Crippen LogP contribution in [-0.2, 0) is 20.9 Å². The van der Waals surface area contributed by atoms with E-state index in [2.05, 4.69) is 0 Å². The maximum Gasteiger partial charge on any atom is 0.341 e. The summed E-state index contributed by atoms with van der Waals surface area (Å²) in [5.41, 5.74) is 5.24. The molecule has 0 bridgehead atoms. The van der Waals surface area contributed by atoms with E-state index in [0.717, 1.165) is 5.56 Å². The van der Waals surface area contributed by atoms with Crippen molar-refractivity contribution in [3.05, 3.63) is 29.8 Å². The van der Waals surface area contributed by atoms with Crippen LogP contribution in [0.3, 0.4) is 0 Å². The van der Waals surface area contributed by atoms with E-state index in [1.807, 2.05) is 17.0 Å². The summed E-state index contributed by atoms with van der Waals surface area (Å²) >= 11 is 0. The molecule has 1 aromatic rings. The van der Waals surface area contributed by atoms with E-state index in [0.29, 0.717) is 32.0 Å². The van der Waals surface area contributed by atoms with Crippen LogP contribution in [0.1, 0.15) is 12.5 Å². The molecule has 1 amide bonds. The molecule has 1 aromatic carbocycles. The first-order valence-corrected chi connectivity index (χ1v) is 6.99. The number of carbonyl (C=O) groups is 2. The Morgan fingerprint density at radius 1 is 1.45 bits per heavy atom. The molecule has 0 radical (unpaired) electrons. The first-order chi connectivity index (χ1) is 10.4. The average Bonchev–Trinajstić information content (AvgIpc) is 2.46. The van der Waals surface area contributed by atoms with Crippen LogP contribution in [0.2, 0.25) is 0 Å². The summed E-state index contributed by atoms with van der Waals surface area (Å²) < 4.78 is 10.8. The van der Waals surface area contributed by atoms with E-state index >= 15 is 0 Å². The number of nitrogens with two attached hydrogens (primary N) is 1. The van der Waals surface area contributed by atoms with Crippen molar-refractivity contribution in [2.75, 3.05) is 26.3 Å².